The van der Waals surface area contributed by atoms with Gasteiger partial charge in [0.15, 0.2) is 12.4 Å². The molecular weight excluding hydrogens is 366 g/mol. The van der Waals surface area contributed by atoms with Crippen molar-refractivity contribution in [1.82, 2.24) is 9.78 Å². The van der Waals surface area contributed by atoms with Crippen molar-refractivity contribution in [3.63, 3.8) is 0 Å². The lowest BCUT2D eigenvalue weighted by molar-refractivity contribution is -0.671. The molecule has 3 aromatic rings. The molecule has 3 rings (SSSR count). The first-order valence-electron chi connectivity index (χ1n) is 7.15. The Hall–Kier alpha value is -2.51. The standard InChI is InChI=1S/C16H15ClFN6.ClH/c1-23-6-2-3-11(9-23)10-24-16(19)15(8-20-24)22-21-12-4-5-14(18)13(17)7-12;/h2-9H,10,19H2,1H3;1H/q+1;/p-1. The lowest BCUT2D eigenvalue weighted by atomic mass is 10.3. The van der Waals surface area contributed by atoms with E-state index in [-0.39, 0.29) is 17.4 Å². The van der Waals surface area contributed by atoms with E-state index >= 15 is 0 Å². The normalized spacial score (nSPS) is 10.8. The highest BCUT2D eigenvalue weighted by atomic mass is 35.5. The third kappa shape index (κ3) is 4.52. The van der Waals surface area contributed by atoms with Crippen LogP contribution in [0.15, 0.2) is 59.2 Å². The molecule has 9 heteroatoms. The number of nitrogens with zero attached hydrogens (tertiary/aromatic N) is 5. The van der Waals surface area contributed by atoms with Crippen LogP contribution in [0, 0.1) is 5.82 Å². The molecular formula is C16H15Cl2FN6. The molecule has 0 aliphatic carbocycles. The number of pyridine rings is 1. The zero-order chi connectivity index (χ0) is 17.1. The van der Waals surface area contributed by atoms with Crippen molar-refractivity contribution < 1.29 is 21.4 Å². The van der Waals surface area contributed by atoms with Gasteiger partial charge in [0.2, 0.25) is 0 Å². The van der Waals surface area contributed by atoms with Crippen LogP contribution < -0.4 is 22.7 Å². The summed E-state index contributed by atoms with van der Waals surface area (Å²) < 4.78 is 16.7. The molecule has 2 aromatic heterocycles. The monoisotopic (exact) mass is 380 g/mol. The molecule has 0 aliphatic rings. The molecule has 130 valence electrons. The molecule has 1 aromatic carbocycles. The number of nitrogens with two attached hydrogens (primary N) is 1. The smallest absolute Gasteiger partial charge is 0.173 e. The van der Waals surface area contributed by atoms with Gasteiger partial charge in [-0.25, -0.2) is 13.6 Å². The van der Waals surface area contributed by atoms with Crippen molar-refractivity contribution in [3.05, 3.63) is 65.3 Å². The predicted molar refractivity (Wildman–Crippen MR) is 88.9 cm³/mol. The number of rotatable bonds is 4. The summed E-state index contributed by atoms with van der Waals surface area (Å²) in [7, 11) is 1.95. The molecule has 0 bridgehead atoms. The van der Waals surface area contributed by atoms with Crippen molar-refractivity contribution in [2.24, 2.45) is 17.3 Å². The highest BCUT2D eigenvalue weighted by Crippen LogP contribution is 2.26. The van der Waals surface area contributed by atoms with Gasteiger partial charge in [0.05, 0.1) is 23.5 Å². The van der Waals surface area contributed by atoms with Crippen LogP contribution in [-0.2, 0) is 13.6 Å². The SMILES string of the molecule is C[n+]1cccc(Cn2ncc(N=Nc3ccc(F)c(Cl)c3)c2N)c1.[Cl-]. The van der Waals surface area contributed by atoms with Gasteiger partial charge >= 0.3 is 0 Å². The van der Waals surface area contributed by atoms with E-state index in [2.05, 4.69) is 15.3 Å². The van der Waals surface area contributed by atoms with Gasteiger partial charge in [-0.15, -0.1) is 5.11 Å². The van der Waals surface area contributed by atoms with E-state index in [9.17, 15) is 4.39 Å². The van der Waals surface area contributed by atoms with Crippen LogP contribution in [-0.4, -0.2) is 9.78 Å². The maximum Gasteiger partial charge on any atom is 0.173 e. The fourth-order valence-corrected chi connectivity index (χ4v) is 2.34. The summed E-state index contributed by atoms with van der Waals surface area (Å²) in [6.45, 7) is 0.526. The van der Waals surface area contributed by atoms with Gasteiger partial charge in [0.25, 0.3) is 0 Å². The molecule has 0 atom stereocenters. The summed E-state index contributed by atoms with van der Waals surface area (Å²) in [6.07, 6.45) is 5.47. The molecule has 2 N–H and O–H groups in total. The maximum absolute atomic E-state index is 13.1. The molecule has 6 nitrogen and oxygen atoms in total. The number of azo groups is 1. The number of anilines is 1. The van der Waals surface area contributed by atoms with E-state index in [0.29, 0.717) is 23.7 Å². The van der Waals surface area contributed by atoms with Crippen molar-refractivity contribution in [2.75, 3.05) is 5.73 Å². The lowest BCUT2D eigenvalue weighted by Crippen LogP contribution is -3.00. The number of hydrogen-bond donors (Lipinski definition) is 1. The van der Waals surface area contributed by atoms with Crippen LogP contribution in [0.5, 0.6) is 0 Å². The Morgan fingerprint density at radius 1 is 1.32 bits per heavy atom. The number of benzene rings is 1. The Balaban J connectivity index is 0.00000225. The van der Waals surface area contributed by atoms with E-state index < -0.39 is 5.82 Å². The quantitative estimate of drug-likeness (QED) is 0.530. The molecule has 0 aliphatic heterocycles. The molecule has 25 heavy (non-hydrogen) atoms. The average Bonchev–Trinajstić information content (AvgIpc) is 2.89. The minimum atomic E-state index is -0.501. The highest BCUT2D eigenvalue weighted by molar-refractivity contribution is 6.30. The predicted octanol–water partition coefficient (Wildman–Crippen LogP) is 0.550. The first kappa shape index (κ1) is 18.8. The number of nitrogen functional groups attached to an aromatic ring is 1. The first-order chi connectivity index (χ1) is 11.5. The van der Waals surface area contributed by atoms with Crippen LogP contribution in [0.1, 0.15) is 5.56 Å². The minimum absolute atomic E-state index is 0. The van der Waals surface area contributed by atoms with Gasteiger partial charge in [0.1, 0.15) is 24.4 Å². The van der Waals surface area contributed by atoms with Crippen LogP contribution >= 0.6 is 11.6 Å². The van der Waals surface area contributed by atoms with Crippen LogP contribution in [0.2, 0.25) is 5.02 Å². The second-order valence-electron chi connectivity index (χ2n) is 5.25. The van der Waals surface area contributed by atoms with Crippen LogP contribution in [0.25, 0.3) is 0 Å². The molecule has 0 amide bonds. The Kier molecular flexibility index (Phi) is 6.06. The van der Waals surface area contributed by atoms with E-state index in [1.54, 1.807) is 4.68 Å². The van der Waals surface area contributed by atoms with E-state index in [4.69, 9.17) is 17.3 Å². The van der Waals surface area contributed by atoms with Gasteiger partial charge in [-0.05, 0) is 24.3 Å². The summed E-state index contributed by atoms with van der Waals surface area (Å²) in [5.41, 5.74) is 7.99. The van der Waals surface area contributed by atoms with E-state index in [1.807, 2.05) is 36.1 Å². The topological polar surface area (TPSA) is 72.4 Å². The summed E-state index contributed by atoms with van der Waals surface area (Å²) in [5.74, 6) is -0.0996. The van der Waals surface area contributed by atoms with E-state index in [1.165, 1.54) is 24.4 Å². The summed E-state index contributed by atoms with van der Waals surface area (Å²) in [5, 5.41) is 12.3. The van der Waals surface area contributed by atoms with Crippen LogP contribution in [0.3, 0.4) is 0 Å². The molecule has 0 radical (unpaired) electrons. The Morgan fingerprint density at radius 2 is 2.12 bits per heavy atom. The maximum atomic E-state index is 13.1. The number of aromatic nitrogens is 3. The summed E-state index contributed by atoms with van der Waals surface area (Å²) in [4.78, 5) is 0. The van der Waals surface area contributed by atoms with Gasteiger partial charge < -0.3 is 18.1 Å². The second kappa shape index (κ2) is 8.04. The van der Waals surface area contributed by atoms with Crippen LogP contribution in [0.4, 0.5) is 21.6 Å². The van der Waals surface area contributed by atoms with Gasteiger partial charge in [-0.2, -0.15) is 10.2 Å². The number of aryl methyl sites for hydroxylation is 1. The second-order valence-corrected chi connectivity index (χ2v) is 5.66. The molecule has 2 heterocycles. The third-order valence-electron chi connectivity index (χ3n) is 3.37. The Labute approximate surface area is 155 Å². The fraction of sp³-hybridized carbons (Fsp3) is 0.125. The van der Waals surface area contributed by atoms with Crippen molar-refractivity contribution in [2.45, 2.75) is 6.54 Å². The zero-order valence-electron chi connectivity index (χ0n) is 13.3. The molecule has 0 spiro atoms. The minimum Gasteiger partial charge on any atom is -1.00 e. The Bertz CT molecular complexity index is 909. The van der Waals surface area contributed by atoms with Crippen molar-refractivity contribution in [1.29, 1.82) is 0 Å². The largest absolute Gasteiger partial charge is 1.00 e. The van der Waals surface area contributed by atoms with Gasteiger partial charge in [0, 0.05) is 11.6 Å². The average molecular weight is 381 g/mol. The summed E-state index contributed by atoms with van der Waals surface area (Å²) >= 11 is 5.71. The first-order valence-corrected chi connectivity index (χ1v) is 7.53. The van der Waals surface area contributed by atoms with Crippen molar-refractivity contribution >= 4 is 28.8 Å². The molecule has 0 unspecified atom stereocenters. The zero-order valence-corrected chi connectivity index (χ0v) is 14.8. The lowest BCUT2D eigenvalue weighted by Gasteiger charge is -2.03. The molecule has 0 saturated heterocycles. The van der Waals surface area contributed by atoms with E-state index in [0.717, 1.165) is 5.56 Å². The van der Waals surface area contributed by atoms with Gasteiger partial charge in [-0.3, -0.25) is 0 Å². The fourth-order valence-electron chi connectivity index (χ4n) is 2.16. The third-order valence-corrected chi connectivity index (χ3v) is 3.66. The molecule has 0 fully saturated rings. The van der Waals surface area contributed by atoms with Crippen molar-refractivity contribution in [3.8, 4) is 0 Å². The summed E-state index contributed by atoms with van der Waals surface area (Å²) in [6, 6.07) is 8.05. The Morgan fingerprint density at radius 3 is 2.84 bits per heavy atom. The molecule has 0 saturated carbocycles. The highest BCUT2D eigenvalue weighted by Gasteiger charge is 2.09. The number of halogens is 3. The number of hydrogen-bond acceptors (Lipinski definition) is 4. The van der Waals surface area contributed by atoms with Gasteiger partial charge in [-0.1, -0.05) is 11.6 Å².